The largest absolute Gasteiger partial charge is 0.338 e. The van der Waals surface area contributed by atoms with Gasteiger partial charge in [-0.15, -0.1) is 0 Å². The Morgan fingerprint density at radius 1 is 1.13 bits per heavy atom. The smallest absolute Gasteiger partial charge is 0.210 e. The summed E-state index contributed by atoms with van der Waals surface area (Å²) in [6, 6.07) is 10.6. The van der Waals surface area contributed by atoms with Crippen LogP contribution in [0.2, 0.25) is 0 Å². The molecule has 0 radical (unpaired) electrons. The first-order valence-corrected chi connectivity index (χ1v) is 5.68. The van der Waals surface area contributed by atoms with E-state index in [2.05, 4.69) is 12.1 Å². The van der Waals surface area contributed by atoms with Gasteiger partial charge >= 0.3 is 0 Å². The van der Waals surface area contributed by atoms with E-state index < -0.39 is 0 Å². The molecule has 0 saturated carbocycles. The molecule has 2 rings (SSSR count). The van der Waals surface area contributed by atoms with Crippen molar-refractivity contribution < 1.29 is 4.79 Å². The summed E-state index contributed by atoms with van der Waals surface area (Å²) in [5.41, 5.74) is 1.27. The van der Waals surface area contributed by atoms with Gasteiger partial charge in [-0.3, -0.25) is 4.79 Å². The molecule has 0 N–H and O–H groups in total. The third kappa shape index (κ3) is 2.38. The minimum absolute atomic E-state index is 0.297. The molecule has 2 nitrogen and oxygen atoms in total. The Balaban J connectivity index is 2.20. The number of hydrogen-bond acceptors (Lipinski definition) is 1. The fourth-order valence-corrected chi connectivity index (χ4v) is 2.29. The van der Waals surface area contributed by atoms with Gasteiger partial charge in [-0.25, -0.2) is 0 Å². The second kappa shape index (κ2) is 4.96. The first-order valence-electron chi connectivity index (χ1n) is 5.68. The van der Waals surface area contributed by atoms with Gasteiger partial charge < -0.3 is 4.90 Å². The van der Waals surface area contributed by atoms with Gasteiger partial charge in [-0.1, -0.05) is 43.2 Å². The second-order valence-electron chi connectivity index (χ2n) is 4.12. The van der Waals surface area contributed by atoms with Gasteiger partial charge in [0.25, 0.3) is 0 Å². The summed E-state index contributed by atoms with van der Waals surface area (Å²) in [6.07, 6.45) is 5.71. The van der Waals surface area contributed by atoms with Gasteiger partial charge in [0, 0.05) is 6.54 Å². The van der Waals surface area contributed by atoms with Gasteiger partial charge in [0.1, 0.15) is 0 Å². The zero-order chi connectivity index (χ0) is 10.5. The number of hydrogen-bond donors (Lipinski definition) is 0. The Bertz CT molecular complexity index is 310. The van der Waals surface area contributed by atoms with Crippen LogP contribution in [0.4, 0.5) is 0 Å². The van der Waals surface area contributed by atoms with Gasteiger partial charge in [0.15, 0.2) is 0 Å². The Morgan fingerprint density at radius 2 is 1.93 bits per heavy atom. The van der Waals surface area contributed by atoms with Crippen LogP contribution in [0.5, 0.6) is 0 Å². The van der Waals surface area contributed by atoms with Gasteiger partial charge in [0.2, 0.25) is 6.41 Å². The molecule has 0 spiro atoms. The highest BCUT2D eigenvalue weighted by Crippen LogP contribution is 2.28. The number of likely N-dealkylation sites (tertiary alicyclic amines) is 1. The van der Waals surface area contributed by atoms with Crippen LogP contribution in [-0.2, 0) is 4.79 Å². The summed E-state index contributed by atoms with van der Waals surface area (Å²) < 4.78 is 0. The van der Waals surface area contributed by atoms with Crippen molar-refractivity contribution in [1.82, 2.24) is 4.90 Å². The maximum atomic E-state index is 11.0. The molecule has 1 fully saturated rings. The third-order valence-electron chi connectivity index (χ3n) is 3.11. The molecule has 1 saturated heterocycles. The Kier molecular flexibility index (Phi) is 3.38. The number of nitrogens with zero attached hydrogens (tertiary/aromatic N) is 1. The number of benzene rings is 1. The SMILES string of the molecule is O=CN1CCCCCC1c1ccccc1. The molecule has 2 heteroatoms. The van der Waals surface area contributed by atoms with Crippen molar-refractivity contribution in [1.29, 1.82) is 0 Å². The normalized spacial score (nSPS) is 22.1. The third-order valence-corrected chi connectivity index (χ3v) is 3.11. The predicted molar refractivity (Wildman–Crippen MR) is 60.4 cm³/mol. The van der Waals surface area contributed by atoms with E-state index in [1.54, 1.807) is 0 Å². The highest BCUT2D eigenvalue weighted by atomic mass is 16.1. The van der Waals surface area contributed by atoms with E-state index >= 15 is 0 Å². The van der Waals surface area contributed by atoms with Crippen molar-refractivity contribution in [2.75, 3.05) is 6.54 Å². The highest BCUT2D eigenvalue weighted by molar-refractivity contribution is 5.49. The summed E-state index contributed by atoms with van der Waals surface area (Å²) >= 11 is 0. The first-order chi connectivity index (χ1) is 7.42. The number of carbonyl (C=O) groups excluding carboxylic acids is 1. The lowest BCUT2D eigenvalue weighted by Crippen LogP contribution is -2.26. The Morgan fingerprint density at radius 3 is 2.67 bits per heavy atom. The molecule has 1 atom stereocenters. The fraction of sp³-hybridized carbons (Fsp3) is 0.462. The molecule has 0 aliphatic carbocycles. The van der Waals surface area contributed by atoms with Crippen molar-refractivity contribution in [3.63, 3.8) is 0 Å². The first kappa shape index (κ1) is 10.2. The van der Waals surface area contributed by atoms with Crippen LogP contribution in [0.15, 0.2) is 30.3 Å². The second-order valence-corrected chi connectivity index (χ2v) is 4.12. The van der Waals surface area contributed by atoms with Crippen LogP contribution < -0.4 is 0 Å². The minimum Gasteiger partial charge on any atom is -0.338 e. The topological polar surface area (TPSA) is 20.3 Å². The summed E-state index contributed by atoms with van der Waals surface area (Å²) in [6.45, 7) is 0.906. The van der Waals surface area contributed by atoms with E-state index in [9.17, 15) is 4.79 Å². The molecular weight excluding hydrogens is 186 g/mol. The molecular formula is C13H17NO. The van der Waals surface area contributed by atoms with Crippen molar-refractivity contribution in [2.24, 2.45) is 0 Å². The molecule has 1 aromatic rings. The Labute approximate surface area is 90.9 Å². The molecule has 1 heterocycles. The minimum atomic E-state index is 0.297. The lowest BCUT2D eigenvalue weighted by atomic mass is 10.0. The summed E-state index contributed by atoms with van der Waals surface area (Å²) in [5.74, 6) is 0. The lowest BCUT2D eigenvalue weighted by molar-refractivity contribution is -0.120. The van der Waals surface area contributed by atoms with Crippen molar-refractivity contribution >= 4 is 6.41 Å². The molecule has 0 bridgehead atoms. The average molecular weight is 203 g/mol. The molecule has 1 unspecified atom stereocenters. The lowest BCUT2D eigenvalue weighted by Gasteiger charge is -2.26. The number of rotatable bonds is 2. The molecule has 0 aromatic heterocycles. The number of amides is 1. The summed E-state index contributed by atoms with van der Waals surface area (Å²) in [4.78, 5) is 13.0. The molecule has 1 aromatic carbocycles. The van der Waals surface area contributed by atoms with Crippen LogP contribution in [0.3, 0.4) is 0 Å². The summed E-state index contributed by atoms with van der Waals surface area (Å²) in [7, 11) is 0. The molecule has 15 heavy (non-hydrogen) atoms. The molecule has 80 valence electrons. The van der Waals surface area contributed by atoms with Crippen LogP contribution in [-0.4, -0.2) is 17.9 Å². The van der Waals surface area contributed by atoms with Crippen LogP contribution >= 0.6 is 0 Å². The number of carbonyl (C=O) groups is 1. The van der Waals surface area contributed by atoms with Crippen molar-refractivity contribution in [3.8, 4) is 0 Å². The standard InChI is InChI=1S/C13H17NO/c15-11-14-10-6-2-5-9-13(14)12-7-3-1-4-8-12/h1,3-4,7-8,11,13H,2,5-6,9-10H2. The zero-order valence-corrected chi connectivity index (χ0v) is 8.93. The highest BCUT2D eigenvalue weighted by Gasteiger charge is 2.20. The predicted octanol–water partition coefficient (Wildman–Crippen LogP) is 2.76. The quantitative estimate of drug-likeness (QED) is 0.677. The van der Waals surface area contributed by atoms with Gasteiger partial charge in [-0.05, 0) is 18.4 Å². The van der Waals surface area contributed by atoms with Crippen molar-refractivity contribution in [2.45, 2.75) is 31.7 Å². The van der Waals surface area contributed by atoms with Crippen LogP contribution in [0, 0.1) is 0 Å². The van der Waals surface area contributed by atoms with E-state index in [0.717, 1.165) is 25.8 Å². The van der Waals surface area contributed by atoms with E-state index in [4.69, 9.17) is 0 Å². The molecule has 1 aliphatic heterocycles. The maximum Gasteiger partial charge on any atom is 0.210 e. The van der Waals surface area contributed by atoms with Crippen LogP contribution in [0.1, 0.15) is 37.3 Å². The van der Waals surface area contributed by atoms with E-state index in [-0.39, 0.29) is 0 Å². The van der Waals surface area contributed by atoms with E-state index in [1.165, 1.54) is 18.4 Å². The van der Waals surface area contributed by atoms with Gasteiger partial charge in [-0.2, -0.15) is 0 Å². The Hall–Kier alpha value is -1.31. The fourth-order valence-electron chi connectivity index (χ4n) is 2.29. The molecule has 1 amide bonds. The van der Waals surface area contributed by atoms with E-state index in [1.807, 2.05) is 23.1 Å². The average Bonchev–Trinajstić information content (AvgIpc) is 2.55. The monoisotopic (exact) mass is 203 g/mol. The maximum absolute atomic E-state index is 11.0. The van der Waals surface area contributed by atoms with Crippen molar-refractivity contribution in [3.05, 3.63) is 35.9 Å². The van der Waals surface area contributed by atoms with Gasteiger partial charge in [0.05, 0.1) is 6.04 Å². The molecule has 1 aliphatic rings. The van der Waals surface area contributed by atoms with E-state index in [0.29, 0.717) is 6.04 Å². The van der Waals surface area contributed by atoms with Crippen LogP contribution in [0.25, 0.3) is 0 Å². The summed E-state index contributed by atoms with van der Waals surface area (Å²) in [5, 5.41) is 0. The zero-order valence-electron chi connectivity index (χ0n) is 8.93.